The Morgan fingerprint density at radius 2 is 1.86 bits per heavy atom. The molecule has 0 saturated heterocycles. The van der Waals surface area contributed by atoms with Crippen LogP contribution in [0.25, 0.3) is 28.2 Å². The summed E-state index contributed by atoms with van der Waals surface area (Å²) in [5.74, 6) is 1.47. The molecule has 0 bridgehead atoms. The van der Waals surface area contributed by atoms with E-state index < -0.39 is 5.60 Å². The quantitative estimate of drug-likeness (QED) is 0.281. The number of carbonyl (C=O) groups excluding carboxylic acids is 1. The predicted octanol–water partition coefficient (Wildman–Crippen LogP) is 5.38. The van der Waals surface area contributed by atoms with E-state index in [0.29, 0.717) is 12.8 Å². The number of hydrogen-bond donors (Lipinski definition) is 1. The lowest BCUT2D eigenvalue weighted by Crippen LogP contribution is -2.45. The monoisotopic (exact) mass is 483 g/mol. The molecule has 3 aromatic heterocycles. The number of nitrogens with zero attached hydrogens (tertiary/aromatic N) is 4. The van der Waals surface area contributed by atoms with Crippen molar-refractivity contribution in [1.82, 2.24) is 19.7 Å². The molecule has 0 unspecified atom stereocenters. The third-order valence-corrected chi connectivity index (χ3v) is 6.89. The van der Waals surface area contributed by atoms with Crippen LogP contribution in [0.4, 0.5) is 5.82 Å². The summed E-state index contributed by atoms with van der Waals surface area (Å²) in [6, 6.07) is 18.0. The topological polar surface area (TPSA) is 94.4 Å². The van der Waals surface area contributed by atoms with Crippen LogP contribution in [0.1, 0.15) is 25.7 Å². The van der Waals surface area contributed by atoms with Gasteiger partial charge >= 0.3 is 5.97 Å². The van der Waals surface area contributed by atoms with E-state index in [1.54, 1.807) is 11.8 Å². The largest absolute Gasteiger partial charge is 0.467 e. The molecule has 184 valence electrons. The number of rotatable bonds is 7. The first-order chi connectivity index (χ1) is 17.6. The fourth-order valence-corrected chi connectivity index (χ4v) is 4.74. The summed E-state index contributed by atoms with van der Waals surface area (Å²) in [6.07, 6.45) is 10.3. The van der Waals surface area contributed by atoms with E-state index in [-0.39, 0.29) is 11.9 Å². The molecule has 8 heteroatoms. The van der Waals surface area contributed by atoms with E-state index in [1.807, 2.05) is 79.4 Å². The smallest absolute Gasteiger partial charge is 0.338 e. The standard InChI is InChI=1S/C28H29N5O3/c1-35-27(34)28(36-2)14-12-20(13-15-28)17-31-26-23(19-32-33(26)25-9-6-16-29-25)22-10-11-24(30-18-22)21-7-4-3-5-8-21/h3-11,16-20,29H,12-15H2,1-2H3. The second-order valence-electron chi connectivity index (χ2n) is 8.95. The minimum absolute atomic E-state index is 0.219. The van der Waals surface area contributed by atoms with Crippen LogP contribution in [0, 0.1) is 5.92 Å². The molecule has 0 aliphatic heterocycles. The van der Waals surface area contributed by atoms with Crippen molar-refractivity contribution in [3.05, 3.63) is 73.2 Å². The summed E-state index contributed by atoms with van der Waals surface area (Å²) in [4.78, 5) is 25.1. The third kappa shape index (κ3) is 4.59. The van der Waals surface area contributed by atoms with Gasteiger partial charge in [-0.05, 0) is 49.8 Å². The summed E-state index contributed by atoms with van der Waals surface area (Å²) in [6.45, 7) is 0. The van der Waals surface area contributed by atoms with Gasteiger partial charge in [-0.25, -0.2) is 9.79 Å². The van der Waals surface area contributed by atoms with Gasteiger partial charge in [0.25, 0.3) is 0 Å². The number of nitrogens with one attached hydrogen (secondary N) is 1. The average molecular weight is 484 g/mol. The van der Waals surface area contributed by atoms with Crippen LogP contribution in [0.2, 0.25) is 0 Å². The molecule has 1 aromatic carbocycles. The summed E-state index contributed by atoms with van der Waals surface area (Å²) in [5, 5.41) is 4.61. The Bertz CT molecular complexity index is 1320. The highest BCUT2D eigenvalue weighted by atomic mass is 16.6. The maximum absolute atomic E-state index is 12.3. The second kappa shape index (κ2) is 10.3. The first kappa shape index (κ1) is 23.7. The number of aromatic amines is 1. The van der Waals surface area contributed by atoms with Crippen molar-refractivity contribution in [2.75, 3.05) is 14.2 Å². The van der Waals surface area contributed by atoms with Crippen molar-refractivity contribution < 1.29 is 14.3 Å². The van der Waals surface area contributed by atoms with Gasteiger partial charge in [-0.2, -0.15) is 9.78 Å². The zero-order valence-electron chi connectivity index (χ0n) is 20.4. The van der Waals surface area contributed by atoms with Crippen LogP contribution in [0.3, 0.4) is 0 Å². The molecule has 3 heterocycles. The van der Waals surface area contributed by atoms with Crippen molar-refractivity contribution in [2.45, 2.75) is 31.3 Å². The molecular formula is C28H29N5O3. The molecule has 1 fully saturated rings. The van der Waals surface area contributed by atoms with Crippen molar-refractivity contribution >= 4 is 18.0 Å². The number of carbonyl (C=O) groups is 1. The van der Waals surface area contributed by atoms with Crippen molar-refractivity contribution in [1.29, 1.82) is 0 Å². The second-order valence-corrected chi connectivity index (χ2v) is 8.95. The summed E-state index contributed by atoms with van der Waals surface area (Å²) in [7, 11) is 2.98. The van der Waals surface area contributed by atoms with Crippen LogP contribution in [-0.2, 0) is 14.3 Å². The van der Waals surface area contributed by atoms with Crippen molar-refractivity contribution in [2.24, 2.45) is 10.9 Å². The van der Waals surface area contributed by atoms with Crippen LogP contribution in [-0.4, -0.2) is 51.8 Å². The number of aliphatic imine (C=N–C) groups is 1. The van der Waals surface area contributed by atoms with Crippen LogP contribution in [0.5, 0.6) is 0 Å². The Morgan fingerprint density at radius 3 is 2.50 bits per heavy atom. The average Bonchev–Trinajstić information content (AvgIpc) is 3.62. The van der Waals surface area contributed by atoms with Crippen LogP contribution < -0.4 is 0 Å². The summed E-state index contributed by atoms with van der Waals surface area (Å²) in [5.41, 5.74) is 2.95. The molecule has 4 aromatic rings. The van der Waals surface area contributed by atoms with Gasteiger partial charge in [0.1, 0.15) is 5.82 Å². The van der Waals surface area contributed by atoms with Gasteiger partial charge in [0.2, 0.25) is 0 Å². The van der Waals surface area contributed by atoms with Gasteiger partial charge in [-0.15, -0.1) is 0 Å². The number of aromatic nitrogens is 4. The minimum atomic E-state index is -0.859. The number of esters is 1. The van der Waals surface area contributed by atoms with Crippen LogP contribution >= 0.6 is 0 Å². The first-order valence-corrected chi connectivity index (χ1v) is 12.0. The molecule has 1 saturated carbocycles. The minimum Gasteiger partial charge on any atom is -0.467 e. The van der Waals surface area contributed by atoms with E-state index in [9.17, 15) is 4.79 Å². The molecule has 0 spiro atoms. The molecular weight excluding hydrogens is 454 g/mol. The molecule has 36 heavy (non-hydrogen) atoms. The van der Waals surface area contributed by atoms with E-state index in [4.69, 9.17) is 14.5 Å². The van der Waals surface area contributed by atoms with Crippen molar-refractivity contribution in [3.8, 4) is 28.2 Å². The normalized spacial score (nSPS) is 20.0. The fourth-order valence-electron chi connectivity index (χ4n) is 4.74. The van der Waals surface area contributed by atoms with Gasteiger partial charge in [0.15, 0.2) is 11.4 Å². The zero-order chi connectivity index (χ0) is 25.0. The fraction of sp³-hybridized carbons (Fsp3) is 0.286. The predicted molar refractivity (Wildman–Crippen MR) is 138 cm³/mol. The number of methoxy groups -OCH3 is 2. The van der Waals surface area contributed by atoms with Gasteiger partial charge in [-0.3, -0.25) is 4.98 Å². The highest BCUT2D eigenvalue weighted by Gasteiger charge is 2.42. The number of benzene rings is 1. The Balaban J connectivity index is 1.42. The van der Waals surface area contributed by atoms with Gasteiger partial charge < -0.3 is 14.5 Å². The number of ether oxygens (including phenoxy) is 2. The number of H-pyrrole nitrogens is 1. The Kier molecular flexibility index (Phi) is 6.77. The third-order valence-electron chi connectivity index (χ3n) is 6.89. The van der Waals surface area contributed by atoms with Gasteiger partial charge in [0, 0.05) is 42.4 Å². The van der Waals surface area contributed by atoms with E-state index in [1.165, 1.54) is 7.11 Å². The molecule has 5 rings (SSSR count). The lowest BCUT2D eigenvalue weighted by molar-refractivity contribution is -0.170. The zero-order valence-corrected chi connectivity index (χ0v) is 20.4. The van der Waals surface area contributed by atoms with E-state index in [2.05, 4.69) is 15.1 Å². The van der Waals surface area contributed by atoms with Crippen molar-refractivity contribution in [3.63, 3.8) is 0 Å². The highest BCUT2D eigenvalue weighted by Crippen LogP contribution is 2.37. The number of pyridine rings is 1. The van der Waals surface area contributed by atoms with Gasteiger partial charge in [0.05, 0.1) is 19.0 Å². The van der Waals surface area contributed by atoms with Gasteiger partial charge in [-0.1, -0.05) is 36.4 Å². The molecule has 0 amide bonds. The first-order valence-electron chi connectivity index (χ1n) is 12.0. The molecule has 0 radical (unpaired) electrons. The maximum atomic E-state index is 12.3. The summed E-state index contributed by atoms with van der Waals surface area (Å²) < 4.78 is 12.3. The Labute approximate surface area is 210 Å². The van der Waals surface area contributed by atoms with E-state index in [0.717, 1.165) is 46.9 Å². The Morgan fingerprint density at radius 1 is 1.06 bits per heavy atom. The van der Waals surface area contributed by atoms with Crippen LogP contribution in [0.15, 0.2) is 78.2 Å². The molecule has 0 atom stereocenters. The number of hydrogen-bond acceptors (Lipinski definition) is 6. The Hall–Kier alpha value is -4.04. The molecule has 8 nitrogen and oxygen atoms in total. The molecule has 1 aliphatic carbocycles. The lowest BCUT2D eigenvalue weighted by Gasteiger charge is -2.35. The highest BCUT2D eigenvalue weighted by molar-refractivity contribution is 5.81. The summed E-state index contributed by atoms with van der Waals surface area (Å²) >= 11 is 0. The lowest BCUT2D eigenvalue weighted by atomic mass is 9.79. The molecule has 1 aliphatic rings. The van der Waals surface area contributed by atoms with E-state index >= 15 is 0 Å². The maximum Gasteiger partial charge on any atom is 0.338 e. The molecule has 1 N–H and O–H groups in total. The SMILES string of the molecule is COC(=O)C1(OC)CCC(C=Nc2c(-c3ccc(-c4ccccc4)nc3)cnn2-c2ccc[nH]2)CC1.